The van der Waals surface area contributed by atoms with E-state index in [1.165, 1.54) is 0 Å². The molecule has 17 heavy (non-hydrogen) atoms. The van der Waals surface area contributed by atoms with Crippen LogP contribution in [-0.4, -0.2) is 34.3 Å². The zero-order valence-corrected chi connectivity index (χ0v) is 10.2. The van der Waals surface area contributed by atoms with Gasteiger partial charge in [0.2, 0.25) is 5.91 Å². The number of aryl methyl sites for hydroxylation is 1. The topological polar surface area (TPSA) is 88.1 Å². The van der Waals surface area contributed by atoms with E-state index in [1.807, 2.05) is 0 Å². The lowest BCUT2D eigenvalue weighted by Gasteiger charge is -2.13. The molecule has 1 rings (SSSR count). The van der Waals surface area contributed by atoms with Crippen molar-refractivity contribution in [1.29, 1.82) is 0 Å². The fourth-order valence-electron chi connectivity index (χ4n) is 1.24. The number of carbonyl (C=O) groups excluding carboxylic acids is 2. The maximum Gasteiger partial charge on any atom is 0.321 e. The summed E-state index contributed by atoms with van der Waals surface area (Å²) in [7, 11) is 1.78. The molecular formula is C10H17N5O2. The van der Waals surface area contributed by atoms with Crippen LogP contribution in [0.15, 0.2) is 12.4 Å². The maximum atomic E-state index is 11.6. The van der Waals surface area contributed by atoms with Crippen LogP contribution in [0.3, 0.4) is 0 Å². The first-order valence-corrected chi connectivity index (χ1v) is 5.36. The first kappa shape index (κ1) is 13.0. The second-order valence-corrected chi connectivity index (χ2v) is 3.62. The van der Waals surface area contributed by atoms with Crippen LogP contribution in [0, 0.1) is 0 Å². The van der Waals surface area contributed by atoms with Crippen molar-refractivity contribution in [1.82, 2.24) is 20.4 Å². The molecule has 1 aromatic heterocycles. The van der Waals surface area contributed by atoms with Crippen molar-refractivity contribution in [2.45, 2.75) is 19.9 Å². The number of rotatable bonds is 4. The van der Waals surface area contributed by atoms with Gasteiger partial charge in [-0.1, -0.05) is 0 Å². The minimum atomic E-state index is -0.512. The van der Waals surface area contributed by atoms with E-state index in [0.29, 0.717) is 6.54 Å². The van der Waals surface area contributed by atoms with Crippen LogP contribution in [0.5, 0.6) is 0 Å². The Bertz CT molecular complexity index is 401. The standard InChI is InChI=1S/C10H17N5O2/c1-4-11-10(17)14-9(16)7(2)13-8-5-12-15(3)6-8/h5-7,13H,4H2,1-3H3,(H2,11,14,16,17). The molecule has 0 aliphatic rings. The van der Waals surface area contributed by atoms with Gasteiger partial charge in [-0.2, -0.15) is 5.10 Å². The van der Waals surface area contributed by atoms with E-state index in [1.54, 1.807) is 38.0 Å². The third kappa shape index (κ3) is 4.13. The van der Waals surface area contributed by atoms with Gasteiger partial charge in [0.1, 0.15) is 6.04 Å². The molecule has 0 saturated heterocycles. The van der Waals surface area contributed by atoms with Crippen LogP contribution in [0.25, 0.3) is 0 Å². The lowest BCUT2D eigenvalue weighted by atomic mass is 10.3. The number of aromatic nitrogens is 2. The third-order valence-electron chi connectivity index (χ3n) is 2.06. The molecule has 0 spiro atoms. The van der Waals surface area contributed by atoms with Gasteiger partial charge in [-0.05, 0) is 13.8 Å². The molecule has 0 radical (unpaired) electrons. The zero-order chi connectivity index (χ0) is 12.8. The average Bonchev–Trinajstić information content (AvgIpc) is 2.64. The third-order valence-corrected chi connectivity index (χ3v) is 2.06. The van der Waals surface area contributed by atoms with Gasteiger partial charge < -0.3 is 10.6 Å². The predicted octanol–water partition coefficient (Wildman–Crippen LogP) is 0.0662. The van der Waals surface area contributed by atoms with Gasteiger partial charge >= 0.3 is 6.03 Å². The number of hydrogen-bond donors (Lipinski definition) is 3. The van der Waals surface area contributed by atoms with Crippen LogP contribution in [0.4, 0.5) is 10.5 Å². The Morgan fingerprint density at radius 2 is 2.24 bits per heavy atom. The molecule has 7 heteroatoms. The molecule has 0 saturated carbocycles. The minimum absolute atomic E-state index is 0.389. The molecule has 1 heterocycles. The Hall–Kier alpha value is -2.05. The fraction of sp³-hybridized carbons (Fsp3) is 0.500. The summed E-state index contributed by atoms with van der Waals surface area (Å²) >= 11 is 0. The molecule has 0 aliphatic carbocycles. The van der Waals surface area contributed by atoms with E-state index in [9.17, 15) is 9.59 Å². The Morgan fingerprint density at radius 3 is 2.76 bits per heavy atom. The van der Waals surface area contributed by atoms with E-state index in [2.05, 4.69) is 21.0 Å². The summed E-state index contributed by atoms with van der Waals surface area (Å²) in [6.45, 7) is 3.92. The normalized spacial score (nSPS) is 11.7. The summed E-state index contributed by atoms with van der Waals surface area (Å²) in [5.74, 6) is -0.389. The van der Waals surface area contributed by atoms with E-state index >= 15 is 0 Å². The number of imide groups is 1. The summed E-state index contributed by atoms with van der Waals surface area (Å²) < 4.78 is 1.62. The molecule has 94 valence electrons. The van der Waals surface area contributed by atoms with Gasteiger partial charge in [0, 0.05) is 19.8 Å². The Balaban J connectivity index is 2.44. The number of nitrogens with zero attached hydrogens (tertiary/aromatic N) is 2. The molecule has 7 nitrogen and oxygen atoms in total. The van der Waals surface area contributed by atoms with E-state index in [0.717, 1.165) is 5.69 Å². The van der Waals surface area contributed by atoms with Gasteiger partial charge in [0.15, 0.2) is 0 Å². The summed E-state index contributed by atoms with van der Waals surface area (Å²) in [5.41, 5.74) is 0.728. The van der Waals surface area contributed by atoms with E-state index < -0.39 is 12.1 Å². The average molecular weight is 239 g/mol. The lowest BCUT2D eigenvalue weighted by molar-refractivity contribution is -0.120. The Morgan fingerprint density at radius 1 is 1.53 bits per heavy atom. The summed E-state index contributed by atoms with van der Waals surface area (Å²) in [6.07, 6.45) is 3.35. The second-order valence-electron chi connectivity index (χ2n) is 3.62. The molecule has 0 bridgehead atoms. The van der Waals surface area contributed by atoms with Crippen LogP contribution < -0.4 is 16.0 Å². The van der Waals surface area contributed by atoms with E-state index in [-0.39, 0.29) is 5.91 Å². The molecule has 1 unspecified atom stereocenters. The molecule has 0 aromatic carbocycles. The van der Waals surface area contributed by atoms with Gasteiger partial charge in [-0.15, -0.1) is 0 Å². The first-order chi connectivity index (χ1) is 8.02. The highest BCUT2D eigenvalue weighted by Crippen LogP contribution is 2.05. The van der Waals surface area contributed by atoms with Gasteiger partial charge in [0.25, 0.3) is 0 Å². The van der Waals surface area contributed by atoms with Gasteiger partial charge in [-0.3, -0.25) is 14.8 Å². The van der Waals surface area contributed by atoms with Crippen molar-refractivity contribution < 1.29 is 9.59 Å². The number of hydrogen-bond acceptors (Lipinski definition) is 4. The molecule has 0 aliphatic heterocycles. The van der Waals surface area contributed by atoms with Crippen molar-refractivity contribution in [3.8, 4) is 0 Å². The van der Waals surface area contributed by atoms with E-state index in [4.69, 9.17) is 0 Å². The Labute approximate surface area is 99.6 Å². The van der Waals surface area contributed by atoms with Crippen LogP contribution in [0.1, 0.15) is 13.8 Å². The summed E-state index contributed by atoms with van der Waals surface area (Å²) in [5, 5.41) is 11.6. The van der Waals surface area contributed by atoms with Crippen LogP contribution >= 0.6 is 0 Å². The molecule has 1 aromatic rings. The smallest absolute Gasteiger partial charge is 0.321 e. The quantitative estimate of drug-likeness (QED) is 0.693. The number of urea groups is 1. The highest BCUT2D eigenvalue weighted by molar-refractivity contribution is 5.97. The number of nitrogens with one attached hydrogen (secondary N) is 3. The highest BCUT2D eigenvalue weighted by atomic mass is 16.2. The predicted molar refractivity (Wildman–Crippen MR) is 63.5 cm³/mol. The van der Waals surface area contributed by atoms with Crippen molar-refractivity contribution in [2.24, 2.45) is 7.05 Å². The van der Waals surface area contributed by atoms with Crippen LogP contribution in [-0.2, 0) is 11.8 Å². The molecule has 3 amide bonds. The van der Waals surface area contributed by atoms with Crippen molar-refractivity contribution in [3.05, 3.63) is 12.4 Å². The van der Waals surface area contributed by atoms with Crippen LogP contribution in [0.2, 0.25) is 0 Å². The molecule has 3 N–H and O–H groups in total. The van der Waals surface area contributed by atoms with Gasteiger partial charge in [-0.25, -0.2) is 4.79 Å². The zero-order valence-electron chi connectivity index (χ0n) is 10.2. The SMILES string of the molecule is CCNC(=O)NC(=O)C(C)Nc1cnn(C)c1. The monoisotopic (exact) mass is 239 g/mol. The summed E-state index contributed by atoms with van der Waals surface area (Å²) in [6, 6.07) is -1.00. The molecule has 0 fully saturated rings. The number of amides is 3. The van der Waals surface area contributed by atoms with Gasteiger partial charge in [0.05, 0.1) is 11.9 Å². The molecular weight excluding hydrogens is 222 g/mol. The van der Waals surface area contributed by atoms with Crippen molar-refractivity contribution in [2.75, 3.05) is 11.9 Å². The largest absolute Gasteiger partial charge is 0.371 e. The number of anilines is 1. The summed E-state index contributed by atoms with van der Waals surface area (Å²) in [4.78, 5) is 22.7. The minimum Gasteiger partial charge on any atom is -0.371 e. The first-order valence-electron chi connectivity index (χ1n) is 5.36. The highest BCUT2D eigenvalue weighted by Gasteiger charge is 2.15. The number of carbonyl (C=O) groups is 2. The lowest BCUT2D eigenvalue weighted by Crippen LogP contribution is -2.45. The maximum absolute atomic E-state index is 11.6. The van der Waals surface area contributed by atoms with Crippen molar-refractivity contribution in [3.63, 3.8) is 0 Å². The Kier molecular flexibility index (Phi) is 4.50. The molecule has 1 atom stereocenters. The van der Waals surface area contributed by atoms with Crippen molar-refractivity contribution >= 4 is 17.6 Å². The fourth-order valence-corrected chi connectivity index (χ4v) is 1.24. The second kappa shape index (κ2) is 5.88.